The van der Waals surface area contributed by atoms with Gasteiger partial charge in [-0.3, -0.25) is 10.1 Å². The van der Waals surface area contributed by atoms with E-state index >= 15 is 0 Å². The largest absolute Gasteiger partial charge is 0.481 e. The fourth-order valence-corrected chi connectivity index (χ4v) is 4.52. The van der Waals surface area contributed by atoms with E-state index in [1.54, 1.807) is 12.1 Å². The van der Waals surface area contributed by atoms with E-state index in [1.165, 1.54) is 17.2 Å². The van der Waals surface area contributed by atoms with Crippen molar-refractivity contribution >= 4 is 11.8 Å². The lowest BCUT2D eigenvalue weighted by molar-refractivity contribution is -0.384. The molecule has 0 fully saturated rings. The van der Waals surface area contributed by atoms with E-state index < -0.39 is 5.60 Å². The molecule has 1 aliphatic heterocycles. The summed E-state index contributed by atoms with van der Waals surface area (Å²) in [5.41, 5.74) is 2.85. The minimum absolute atomic E-state index is 0.0873. The highest BCUT2D eigenvalue weighted by atomic mass is 16.6. The normalized spacial score (nSPS) is 25.8. The van der Waals surface area contributed by atoms with Gasteiger partial charge in [0.15, 0.2) is 0 Å². The average Bonchev–Trinajstić information content (AvgIpc) is 2.59. The van der Waals surface area contributed by atoms with Crippen molar-refractivity contribution in [2.75, 3.05) is 0 Å². The molecule has 1 aliphatic carbocycles. The number of benzene rings is 2. The highest BCUT2D eigenvalue weighted by Gasteiger charge is 2.54. The summed E-state index contributed by atoms with van der Waals surface area (Å²) in [5.74, 6) is 1.00. The van der Waals surface area contributed by atoms with Crippen molar-refractivity contribution in [3.05, 3.63) is 75.3 Å². The smallest absolute Gasteiger partial charge is 0.270 e. The number of hydrogen-bond donors (Lipinski definition) is 0. The van der Waals surface area contributed by atoms with E-state index in [4.69, 9.17) is 4.74 Å². The standard InChI is InChI=1S/C21H21NO3/c1-14-12-15-6-4-5-7-18(15)20(2,3)21(14)11-10-16-13-17(22(23)24)8-9-19(16)25-21/h4-11,13-14H,12H2,1-3H3. The fourth-order valence-electron chi connectivity index (χ4n) is 4.52. The monoisotopic (exact) mass is 335 g/mol. The Morgan fingerprint density at radius 3 is 2.72 bits per heavy atom. The van der Waals surface area contributed by atoms with E-state index in [0.717, 1.165) is 12.0 Å². The number of fused-ring (bicyclic) bond motifs is 2. The van der Waals surface area contributed by atoms with Crippen molar-refractivity contribution < 1.29 is 9.66 Å². The zero-order valence-corrected chi connectivity index (χ0v) is 14.7. The van der Waals surface area contributed by atoms with Gasteiger partial charge in [0.05, 0.1) is 4.92 Å². The molecule has 4 rings (SSSR count). The average molecular weight is 335 g/mol. The van der Waals surface area contributed by atoms with Crippen molar-refractivity contribution in [3.63, 3.8) is 0 Å². The fraction of sp³-hybridized carbons (Fsp3) is 0.333. The predicted molar refractivity (Wildman–Crippen MR) is 97.8 cm³/mol. The number of nitro groups is 1. The number of nitrogens with zero attached hydrogens (tertiary/aromatic N) is 1. The molecule has 1 spiro atoms. The van der Waals surface area contributed by atoms with Crippen molar-refractivity contribution in [2.45, 2.75) is 38.2 Å². The summed E-state index contributed by atoms with van der Waals surface area (Å²) in [6, 6.07) is 13.4. The van der Waals surface area contributed by atoms with Crippen molar-refractivity contribution in [1.82, 2.24) is 0 Å². The third-order valence-electron chi connectivity index (χ3n) is 5.92. The second kappa shape index (κ2) is 5.19. The summed E-state index contributed by atoms with van der Waals surface area (Å²) in [4.78, 5) is 10.6. The Bertz CT molecular complexity index is 900. The van der Waals surface area contributed by atoms with Crippen LogP contribution in [0.15, 0.2) is 48.5 Å². The van der Waals surface area contributed by atoms with Crippen molar-refractivity contribution in [3.8, 4) is 5.75 Å². The maximum atomic E-state index is 11.0. The molecule has 4 heteroatoms. The van der Waals surface area contributed by atoms with Gasteiger partial charge < -0.3 is 4.74 Å². The van der Waals surface area contributed by atoms with Gasteiger partial charge in [0.2, 0.25) is 0 Å². The molecule has 2 unspecified atom stereocenters. The molecular weight excluding hydrogens is 314 g/mol. The van der Waals surface area contributed by atoms with Gasteiger partial charge in [-0.1, -0.05) is 51.1 Å². The molecule has 0 radical (unpaired) electrons. The van der Waals surface area contributed by atoms with E-state index in [2.05, 4.69) is 51.1 Å². The zero-order chi connectivity index (χ0) is 17.8. The van der Waals surface area contributed by atoms with Crippen LogP contribution in [0.4, 0.5) is 5.69 Å². The van der Waals surface area contributed by atoms with E-state index in [-0.39, 0.29) is 21.9 Å². The zero-order valence-electron chi connectivity index (χ0n) is 14.7. The molecule has 0 aromatic heterocycles. The summed E-state index contributed by atoms with van der Waals surface area (Å²) < 4.78 is 6.57. The highest BCUT2D eigenvalue weighted by molar-refractivity contribution is 5.65. The molecule has 25 heavy (non-hydrogen) atoms. The second-order valence-corrected chi connectivity index (χ2v) is 7.60. The molecule has 2 atom stereocenters. The molecule has 4 nitrogen and oxygen atoms in total. The lowest BCUT2D eigenvalue weighted by Crippen LogP contribution is -2.59. The van der Waals surface area contributed by atoms with Gasteiger partial charge in [0.25, 0.3) is 5.69 Å². The first-order chi connectivity index (χ1) is 11.8. The minimum atomic E-state index is -0.468. The first kappa shape index (κ1) is 15.9. The molecule has 2 aromatic rings. The molecule has 0 bridgehead atoms. The lowest BCUT2D eigenvalue weighted by Gasteiger charge is -2.53. The summed E-state index contributed by atoms with van der Waals surface area (Å²) in [7, 11) is 0. The third-order valence-corrected chi connectivity index (χ3v) is 5.92. The molecule has 0 saturated carbocycles. The Kier molecular flexibility index (Phi) is 3.29. The quantitative estimate of drug-likeness (QED) is 0.549. The van der Waals surface area contributed by atoms with Gasteiger partial charge in [0, 0.05) is 29.0 Å². The van der Waals surface area contributed by atoms with E-state index in [1.807, 2.05) is 6.08 Å². The van der Waals surface area contributed by atoms with Crippen LogP contribution in [0.5, 0.6) is 5.75 Å². The van der Waals surface area contributed by atoms with E-state index in [9.17, 15) is 10.1 Å². The highest BCUT2D eigenvalue weighted by Crippen LogP contribution is 2.52. The van der Waals surface area contributed by atoms with Crippen LogP contribution in [0.3, 0.4) is 0 Å². The topological polar surface area (TPSA) is 52.4 Å². The van der Waals surface area contributed by atoms with Gasteiger partial charge in [-0.25, -0.2) is 0 Å². The van der Waals surface area contributed by atoms with Crippen LogP contribution in [0, 0.1) is 16.0 Å². The molecular formula is C21H21NO3. The SMILES string of the molecule is CC1Cc2ccccc2C(C)(C)C12C=Cc1cc([N+](=O)[O-])ccc1O2. The number of hydrogen-bond acceptors (Lipinski definition) is 3. The number of rotatable bonds is 1. The van der Waals surface area contributed by atoms with Crippen LogP contribution in [0.25, 0.3) is 6.08 Å². The number of non-ortho nitro benzene ring substituents is 1. The molecule has 1 heterocycles. The van der Waals surface area contributed by atoms with Crippen LogP contribution in [0.2, 0.25) is 0 Å². The number of nitro benzene ring substituents is 1. The van der Waals surface area contributed by atoms with Gasteiger partial charge in [-0.2, -0.15) is 0 Å². The summed E-state index contributed by atoms with van der Waals surface area (Å²) in [5, 5.41) is 11.0. The molecule has 0 saturated heterocycles. The third kappa shape index (κ3) is 2.13. The Labute approximate surface area is 147 Å². The summed E-state index contributed by atoms with van der Waals surface area (Å²) in [6.07, 6.45) is 5.05. The Hall–Kier alpha value is -2.62. The maximum Gasteiger partial charge on any atom is 0.270 e. The Morgan fingerprint density at radius 1 is 1.20 bits per heavy atom. The predicted octanol–water partition coefficient (Wildman–Crippen LogP) is 4.91. The summed E-state index contributed by atoms with van der Waals surface area (Å²) >= 11 is 0. The maximum absolute atomic E-state index is 11.0. The molecule has 128 valence electrons. The minimum Gasteiger partial charge on any atom is -0.481 e. The number of ether oxygens (including phenoxy) is 1. The van der Waals surface area contributed by atoms with Gasteiger partial charge in [-0.05, 0) is 29.7 Å². The van der Waals surface area contributed by atoms with Crippen molar-refractivity contribution in [2.24, 2.45) is 5.92 Å². The molecule has 0 amide bonds. The van der Waals surface area contributed by atoms with E-state index in [0.29, 0.717) is 5.75 Å². The Morgan fingerprint density at radius 2 is 1.96 bits per heavy atom. The molecule has 0 N–H and O–H groups in total. The first-order valence-corrected chi connectivity index (χ1v) is 8.60. The van der Waals surface area contributed by atoms with Gasteiger partial charge in [0.1, 0.15) is 11.4 Å². The van der Waals surface area contributed by atoms with Crippen molar-refractivity contribution in [1.29, 1.82) is 0 Å². The van der Waals surface area contributed by atoms with Crippen LogP contribution in [-0.2, 0) is 11.8 Å². The molecule has 2 aliphatic rings. The van der Waals surface area contributed by atoms with Crippen LogP contribution in [0.1, 0.15) is 37.5 Å². The van der Waals surface area contributed by atoms with Crippen LogP contribution < -0.4 is 4.74 Å². The van der Waals surface area contributed by atoms with Crippen LogP contribution in [-0.4, -0.2) is 10.5 Å². The summed E-state index contributed by atoms with van der Waals surface area (Å²) in [6.45, 7) is 6.67. The second-order valence-electron chi connectivity index (χ2n) is 7.60. The lowest BCUT2D eigenvalue weighted by atomic mass is 9.57. The van der Waals surface area contributed by atoms with Crippen LogP contribution >= 0.6 is 0 Å². The van der Waals surface area contributed by atoms with Gasteiger partial charge in [-0.15, -0.1) is 0 Å². The first-order valence-electron chi connectivity index (χ1n) is 8.60. The molecule has 2 aromatic carbocycles. The van der Waals surface area contributed by atoms with Gasteiger partial charge >= 0.3 is 0 Å². The Balaban J connectivity index is 1.83.